The molecule has 10 rings (SSSR count). The van der Waals surface area contributed by atoms with E-state index in [1.807, 2.05) is 17.5 Å². The fourth-order valence-corrected chi connectivity index (χ4v) is 10.1. The van der Waals surface area contributed by atoms with Gasteiger partial charge in [0, 0.05) is 50.6 Å². The molecule has 0 aliphatic carbocycles. The molecule has 9 aromatic rings. The Labute approximate surface area is 363 Å². The van der Waals surface area contributed by atoms with Gasteiger partial charge in [0.15, 0.2) is 0 Å². The van der Waals surface area contributed by atoms with Crippen LogP contribution < -0.4 is 14.5 Å². The van der Waals surface area contributed by atoms with E-state index in [2.05, 4.69) is 221 Å². The first kappa shape index (κ1) is 38.8. The molecule has 0 fully saturated rings. The summed E-state index contributed by atoms with van der Waals surface area (Å²) in [6.07, 6.45) is 1.95. The zero-order valence-corrected chi connectivity index (χ0v) is 37.1. The predicted molar refractivity (Wildman–Crippen MR) is 258 cm³/mol. The van der Waals surface area contributed by atoms with Crippen LogP contribution in [0.4, 0.5) is 22.7 Å². The number of rotatable bonds is 7. The lowest BCUT2D eigenvalue weighted by Gasteiger charge is -2.29. The molecule has 6 heteroatoms. The van der Waals surface area contributed by atoms with Crippen LogP contribution in [-0.2, 0) is 16.2 Å². The van der Waals surface area contributed by atoms with Crippen LogP contribution in [0.5, 0.6) is 11.5 Å². The molecule has 0 unspecified atom stereocenters. The first-order chi connectivity index (χ1) is 29.2. The van der Waals surface area contributed by atoms with E-state index in [0.717, 1.165) is 28.5 Å². The average molecular weight is 817 g/mol. The predicted octanol–water partition coefficient (Wildman–Crippen LogP) is 15.4. The van der Waals surface area contributed by atoms with Crippen LogP contribution in [0, 0.1) is 0 Å². The fraction of sp³-hybridized carbons (Fsp3) is 0.218. The van der Waals surface area contributed by atoms with Crippen LogP contribution in [0.1, 0.15) is 77.6 Å². The molecule has 0 radical (unpaired) electrons. The number of anilines is 4. The largest absolute Gasteiger partial charge is 0.457 e. The van der Waals surface area contributed by atoms with Crippen LogP contribution in [0.15, 0.2) is 158 Å². The van der Waals surface area contributed by atoms with E-state index < -0.39 is 0 Å². The maximum atomic E-state index is 6.81. The van der Waals surface area contributed by atoms with Gasteiger partial charge in [0.25, 0.3) is 0 Å². The minimum Gasteiger partial charge on any atom is -0.457 e. The Bertz CT molecular complexity index is 3070. The number of pyridine rings is 1. The summed E-state index contributed by atoms with van der Waals surface area (Å²) in [4.78, 5) is 9.89. The molecule has 1 aliphatic rings. The molecular weight excluding hydrogens is 765 g/mol. The molecule has 6 aromatic carbocycles. The zero-order chi connectivity index (χ0) is 42.3. The van der Waals surface area contributed by atoms with Gasteiger partial charge in [0.05, 0.1) is 27.1 Å². The maximum absolute atomic E-state index is 6.81. The van der Waals surface area contributed by atoms with E-state index >= 15 is 0 Å². The monoisotopic (exact) mass is 816 g/mol. The van der Waals surface area contributed by atoms with Crippen molar-refractivity contribution in [3.8, 4) is 17.3 Å². The normalized spacial score (nSPS) is 13.4. The van der Waals surface area contributed by atoms with Gasteiger partial charge in [0.2, 0.25) is 0 Å². The number of nitrogens with zero attached hydrogens (tertiary/aromatic N) is 4. The molecule has 1 aliphatic heterocycles. The SMILES string of the molecule is CC(C)(C)c1cc(N2CN(c3cccc(Oc4ccc5c6sc7ccccc7c6n(-c6cc(C(C)(C)c7ccccc7)ccn6)c5c4)c3)c3ccccc32)cc(C(C)(C)C)c1. The van der Waals surface area contributed by atoms with Gasteiger partial charge in [-0.1, -0.05) is 128 Å². The Kier molecular flexibility index (Phi) is 9.15. The summed E-state index contributed by atoms with van der Waals surface area (Å²) in [6.45, 7) is 19.1. The van der Waals surface area contributed by atoms with Crippen LogP contribution >= 0.6 is 11.3 Å². The number of aromatic nitrogens is 2. The molecule has 0 bridgehead atoms. The van der Waals surface area contributed by atoms with Crippen molar-refractivity contribution in [2.24, 2.45) is 0 Å². The van der Waals surface area contributed by atoms with Crippen molar-refractivity contribution in [3.05, 3.63) is 180 Å². The molecule has 61 heavy (non-hydrogen) atoms. The average Bonchev–Trinajstić information content (AvgIpc) is 3.92. The third kappa shape index (κ3) is 6.83. The van der Waals surface area contributed by atoms with Crippen molar-refractivity contribution in [1.29, 1.82) is 0 Å². The highest BCUT2D eigenvalue weighted by Gasteiger charge is 2.31. The summed E-state index contributed by atoms with van der Waals surface area (Å²) in [5.41, 5.74) is 11.9. The molecule has 0 atom stereocenters. The second-order valence-electron chi connectivity index (χ2n) is 19.0. The number of benzene rings is 6. The van der Waals surface area contributed by atoms with Crippen molar-refractivity contribution >= 4 is 65.3 Å². The third-order valence-corrected chi connectivity index (χ3v) is 13.7. The number of hydrogen-bond donors (Lipinski definition) is 0. The van der Waals surface area contributed by atoms with Gasteiger partial charge in [0.1, 0.15) is 24.0 Å². The number of ether oxygens (including phenoxy) is 1. The van der Waals surface area contributed by atoms with Crippen molar-refractivity contribution in [2.75, 3.05) is 16.5 Å². The summed E-state index contributed by atoms with van der Waals surface area (Å²) in [7, 11) is 0. The Morgan fingerprint density at radius 2 is 1.18 bits per heavy atom. The van der Waals surface area contributed by atoms with Crippen LogP contribution in [0.2, 0.25) is 0 Å². The summed E-state index contributed by atoms with van der Waals surface area (Å²) < 4.78 is 11.7. The molecule has 5 nitrogen and oxygen atoms in total. The Morgan fingerprint density at radius 3 is 1.90 bits per heavy atom. The van der Waals surface area contributed by atoms with E-state index in [1.54, 1.807) is 0 Å². The molecule has 0 spiro atoms. The number of para-hydroxylation sites is 2. The first-order valence-electron chi connectivity index (χ1n) is 21.3. The lowest BCUT2D eigenvalue weighted by molar-refractivity contribution is 0.483. The molecule has 0 saturated carbocycles. The Morgan fingerprint density at radius 1 is 0.525 bits per heavy atom. The maximum Gasteiger partial charge on any atom is 0.137 e. The molecular formula is C55H52N4OS. The van der Waals surface area contributed by atoms with E-state index in [-0.39, 0.29) is 16.2 Å². The van der Waals surface area contributed by atoms with Crippen LogP contribution in [0.25, 0.3) is 37.0 Å². The molecule has 4 heterocycles. The summed E-state index contributed by atoms with van der Waals surface area (Å²) >= 11 is 1.84. The highest BCUT2D eigenvalue weighted by molar-refractivity contribution is 7.26. The Hall–Kier alpha value is -6.37. The molecule has 0 saturated heterocycles. The van der Waals surface area contributed by atoms with E-state index in [9.17, 15) is 0 Å². The Balaban J connectivity index is 1.03. The van der Waals surface area contributed by atoms with E-state index in [1.165, 1.54) is 65.0 Å². The van der Waals surface area contributed by atoms with Crippen molar-refractivity contribution < 1.29 is 4.74 Å². The van der Waals surface area contributed by atoms with E-state index in [4.69, 9.17) is 9.72 Å². The van der Waals surface area contributed by atoms with Gasteiger partial charge in [-0.25, -0.2) is 4.98 Å². The van der Waals surface area contributed by atoms with Crippen molar-refractivity contribution in [2.45, 2.75) is 71.6 Å². The van der Waals surface area contributed by atoms with E-state index in [0.29, 0.717) is 6.67 Å². The topological polar surface area (TPSA) is 33.5 Å². The number of fused-ring (bicyclic) bond motifs is 6. The lowest BCUT2D eigenvalue weighted by atomic mass is 9.78. The van der Waals surface area contributed by atoms with Gasteiger partial charge < -0.3 is 14.5 Å². The number of hydrogen-bond acceptors (Lipinski definition) is 5. The minimum atomic E-state index is -0.213. The summed E-state index contributed by atoms with van der Waals surface area (Å²) in [5.74, 6) is 2.45. The lowest BCUT2D eigenvalue weighted by Crippen LogP contribution is -2.25. The standard InChI is InChI=1S/C55H52N4OS/c1-53(2,3)38-29-39(54(4,5)6)31-41(30-38)58-35-57(46-22-13-14-23-47(46)58)40-19-16-20-42(33-40)60-43-25-26-44-48(34-43)59(51-45-21-12-15-24-49(45)61-52(44)51)50-32-37(27-28-56-50)55(7,8)36-17-10-9-11-18-36/h9-34H,35H2,1-8H3. The fourth-order valence-electron chi connectivity index (χ4n) is 8.84. The third-order valence-electron chi connectivity index (χ3n) is 12.5. The zero-order valence-electron chi connectivity index (χ0n) is 36.3. The summed E-state index contributed by atoms with van der Waals surface area (Å²) in [5, 5.41) is 2.41. The highest BCUT2D eigenvalue weighted by Crippen LogP contribution is 2.47. The second-order valence-corrected chi connectivity index (χ2v) is 20.1. The van der Waals surface area contributed by atoms with Crippen LogP contribution in [0.3, 0.4) is 0 Å². The minimum absolute atomic E-state index is 0.0223. The summed E-state index contributed by atoms with van der Waals surface area (Å²) in [6, 6.07) is 54.7. The van der Waals surface area contributed by atoms with Gasteiger partial charge in [-0.2, -0.15) is 0 Å². The smallest absolute Gasteiger partial charge is 0.137 e. The van der Waals surface area contributed by atoms with Crippen LogP contribution in [-0.4, -0.2) is 16.2 Å². The van der Waals surface area contributed by atoms with Gasteiger partial charge in [-0.3, -0.25) is 4.57 Å². The van der Waals surface area contributed by atoms with Gasteiger partial charge in [-0.15, -0.1) is 11.3 Å². The number of thiophene rings is 1. The van der Waals surface area contributed by atoms with Crippen molar-refractivity contribution in [1.82, 2.24) is 9.55 Å². The first-order valence-corrected chi connectivity index (χ1v) is 22.1. The van der Waals surface area contributed by atoms with Gasteiger partial charge >= 0.3 is 0 Å². The van der Waals surface area contributed by atoms with Gasteiger partial charge in [-0.05, 0) is 99.8 Å². The second kappa shape index (κ2) is 14.4. The quantitative estimate of drug-likeness (QED) is 0.160. The highest BCUT2D eigenvalue weighted by atomic mass is 32.1. The molecule has 304 valence electrons. The molecule has 0 amide bonds. The molecule has 3 aromatic heterocycles. The van der Waals surface area contributed by atoms with Crippen molar-refractivity contribution in [3.63, 3.8) is 0 Å². The molecule has 0 N–H and O–H groups in total.